The van der Waals surface area contributed by atoms with E-state index in [2.05, 4.69) is 11.9 Å². The van der Waals surface area contributed by atoms with Crippen molar-refractivity contribution in [1.29, 1.82) is 0 Å². The number of ether oxygens (including phenoxy) is 4. The van der Waals surface area contributed by atoms with E-state index in [1.807, 2.05) is 0 Å². The van der Waals surface area contributed by atoms with Crippen LogP contribution in [0.15, 0.2) is 60.2 Å². The van der Waals surface area contributed by atoms with Crippen LogP contribution in [-0.2, 0) is 9.59 Å². The van der Waals surface area contributed by atoms with Gasteiger partial charge in [-0.15, -0.1) is 0 Å². The number of hydrogen-bond acceptors (Lipinski definition) is 9. The van der Waals surface area contributed by atoms with Crippen LogP contribution in [0.5, 0.6) is 23.0 Å². The number of ketones is 1. The summed E-state index contributed by atoms with van der Waals surface area (Å²) in [5.74, 6) is -1.25. The van der Waals surface area contributed by atoms with Gasteiger partial charge >= 0.3 is 5.91 Å². The van der Waals surface area contributed by atoms with Crippen LogP contribution >= 0.6 is 11.3 Å². The quantitative estimate of drug-likeness (QED) is 0.0995. The highest BCUT2D eigenvalue weighted by Crippen LogP contribution is 2.48. The summed E-state index contributed by atoms with van der Waals surface area (Å²) in [7, 11) is 4.36. The number of carbonyl (C=O) groups excluding carboxylic acids is 2. The first kappa shape index (κ1) is 28.9. The third-order valence-electron chi connectivity index (χ3n) is 6.87. The summed E-state index contributed by atoms with van der Waals surface area (Å²) in [6, 6.07) is 12.9. The molecule has 0 radical (unpaired) electrons. The second-order valence-electron chi connectivity index (χ2n) is 9.47. The largest absolute Gasteiger partial charge is 0.507 e. The fourth-order valence-electron chi connectivity index (χ4n) is 4.82. The van der Waals surface area contributed by atoms with Gasteiger partial charge in [-0.25, -0.2) is 9.37 Å². The molecule has 9 nitrogen and oxygen atoms in total. The molecule has 1 aliphatic heterocycles. The number of aliphatic hydroxyl groups is 1. The van der Waals surface area contributed by atoms with Crippen molar-refractivity contribution in [3.05, 3.63) is 77.1 Å². The summed E-state index contributed by atoms with van der Waals surface area (Å²) in [6.07, 6.45) is 1.81. The summed E-state index contributed by atoms with van der Waals surface area (Å²) in [5, 5.41) is 11.8. The second kappa shape index (κ2) is 12.1. The first-order valence-corrected chi connectivity index (χ1v) is 14.0. The van der Waals surface area contributed by atoms with Gasteiger partial charge in [-0.05, 0) is 54.4 Å². The van der Waals surface area contributed by atoms with E-state index in [0.29, 0.717) is 39.4 Å². The Labute approximate surface area is 245 Å². The Bertz CT molecular complexity index is 1670. The maximum atomic E-state index is 14.0. The molecule has 1 fully saturated rings. The Kier molecular flexibility index (Phi) is 8.30. The van der Waals surface area contributed by atoms with Crippen molar-refractivity contribution in [2.75, 3.05) is 32.8 Å². The number of hydrogen-bond donors (Lipinski definition) is 1. The number of methoxy groups -OCH3 is 3. The van der Waals surface area contributed by atoms with Gasteiger partial charge < -0.3 is 24.1 Å². The Morgan fingerprint density at radius 3 is 2.43 bits per heavy atom. The fraction of sp³-hybridized carbons (Fsp3) is 0.258. The number of Topliss-reactive ketones (excluding diaryl/α,β-unsaturated/α-hetero) is 1. The minimum Gasteiger partial charge on any atom is -0.507 e. The van der Waals surface area contributed by atoms with Crippen molar-refractivity contribution < 1.29 is 38.0 Å². The first-order chi connectivity index (χ1) is 20.3. The molecule has 1 unspecified atom stereocenters. The van der Waals surface area contributed by atoms with Crippen LogP contribution in [0.3, 0.4) is 0 Å². The zero-order chi connectivity index (χ0) is 30.0. The Balaban J connectivity index is 1.72. The van der Waals surface area contributed by atoms with Crippen molar-refractivity contribution in [2.24, 2.45) is 0 Å². The average Bonchev–Trinajstić information content (AvgIpc) is 3.53. The number of carbonyl (C=O) groups is 2. The molecule has 4 aromatic rings. The van der Waals surface area contributed by atoms with E-state index in [9.17, 15) is 19.1 Å². The highest BCUT2D eigenvalue weighted by Gasteiger charge is 2.48. The van der Waals surface area contributed by atoms with Crippen LogP contribution in [0.2, 0.25) is 0 Å². The molecule has 1 N–H and O–H groups in total. The zero-order valence-electron chi connectivity index (χ0n) is 23.5. The molecule has 1 aromatic heterocycles. The van der Waals surface area contributed by atoms with Crippen LogP contribution in [-0.4, -0.2) is 49.7 Å². The molecule has 218 valence electrons. The van der Waals surface area contributed by atoms with Crippen molar-refractivity contribution in [3.63, 3.8) is 0 Å². The second-order valence-corrected chi connectivity index (χ2v) is 10.5. The van der Waals surface area contributed by atoms with E-state index in [1.54, 1.807) is 36.4 Å². The molecule has 3 aromatic carbocycles. The molecule has 1 saturated heterocycles. The lowest BCUT2D eigenvalue weighted by molar-refractivity contribution is -0.132. The highest BCUT2D eigenvalue weighted by molar-refractivity contribution is 7.22. The van der Waals surface area contributed by atoms with E-state index in [4.69, 9.17) is 18.9 Å². The number of amides is 1. The first-order valence-electron chi connectivity index (χ1n) is 13.2. The number of anilines is 1. The summed E-state index contributed by atoms with van der Waals surface area (Å²) in [5.41, 5.74) is 0.987. The van der Waals surface area contributed by atoms with Crippen LogP contribution in [0.25, 0.3) is 16.0 Å². The molecule has 11 heteroatoms. The van der Waals surface area contributed by atoms with E-state index in [0.717, 1.165) is 24.2 Å². The van der Waals surface area contributed by atoms with E-state index in [1.165, 1.54) is 44.4 Å². The SMILES string of the molecule is CCCCOc1cccc(C(O)=C2C(=O)C(=O)N(c3nc4ccc(F)cc4s3)C2c2cc(OC)c(OC)c(OC)c2)c1. The monoisotopic (exact) mass is 592 g/mol. The van der Waals surface area contributed by atoms with Gasteiger partial charge in [-0.3, -0.25) is 14.5 Å². The van der Waals surface area contributed by atoms with Crippen LogP contribution < -0.4 is 23.8 Å². The number of thiazole rings is 1. The van der Waals surface area contributed by atoms with Gasteiger partial charge in [0.15, 0.2) is 16.6 Å². The number of aromatic nitrogens is 1. The molecule has 5 rings (SSSR count). The van der Waals surface area contributed by atoms with E-state index < -0.39 is 23.5 Å². The molecule has 1 atom stereocenters. The highest BCUT2D eigenvalue weighted by atomic mass is 32.1. The van der Waals surface area contributed by atoms with Gasteiger partial charge in [0.1, 0.15) is 17.3 Å². The van der Waals surface area contributed by atoms with Crippen molar-refractivity contribution >= 4 is 44.1 Å². The van der Waals surface area contributed by atoms with Crippen molar-refractivity contribution in [2.45, 2.75) is 25.8 Å². The predicted octanol–water partition coefficient (Wildman–Crippen LogP) is 6.27. The van der Waals surface area contributed by atoms with Gasteiger partial charge in [0, 0.05) is 5.56 Å². The molecule has 1 amide bonds. The van der Waals surface area contributed by atoms with Crippen LogP contribution in [0.4, 0.5) is 9.52 Å². The summed E-state index contributed by atoms with van der Waals surface area (Å²) in [6.45, 7) is 2.55. The van der Waals surface area contributed by atoms with Crippen LogP contribution in [0, 0.1) is 5.82 Å². The van der Waals surface area contributed by atoms with E-state index >= 15 is 0 Å². The van der Waals surface area contributed by atoms with Gasteiger partial charge in [-0.2, -0.15) is 0 Å². The van der Waals surface area contributed by atoms with Crippen LogP contribution in [0.1, 0.15) is 36.9 Å². The molecule has 0 bridgehead atoms. The standard InChI is InChI=1S/C31H29FN2O7S/c1-5-6-12-41-20-9-7-8-17(13-20)27(35)25-26(18-14-22(38-2)29(40-4)23(15-18)39-3)34(30(37)28(25)36)31-33-21-11-10-19(32)16-24(21)42-31/h7-11,13-16,26,35H,5-6,12H2,1-4H3. The summed E-state index contributed by atoms with van der Waals surface area (Å²) in [4.78, 5) is 33.1. The molecule has 42 heavy (non-hydrogen) atoms. The Morgan fingerprint density at radius 1 is 1.02 bits per heavy atom. The summed E-state index contributed by atoms with van der Waals surface area (Å²) >= 11 is 1.05. The van der Waals surface area contributed by atoms with Gasteiger partial charge in [0.2, 0.25) is 5.75 Å². The lowest BCUT2D eigenvalue weighted by atomic mass is 9.94. The molecule has 1 aliphatic rings. The maximum Gasteiger partial charge on any atom is 0.301 e. The Morgan fingerprint density at radius 2 is 1.76 bits per heavy atom. The average molecular weight is 593 g/mol. The van der Waals surface area contributed by atoms with Crippen molar-refractivity contribution in [3.8, 4) is 23.0 Å². The van der Waals surface area contributed by atoms with E-state index in [-0.39, 0.29) is 28.0 Å². The predicted molar refractivity (Wildman–Crippen MR) is 157 cm³/mol. The number of rotatable bonds is 10. The number of fused-ring (bicyclic) bond motifs is 1. The minimum absolute atomic E-state index is 0.159. The molecule has 2 heterocycles. The Hall–Kier alpha value is -4.64. The number of nitrogens with zero attached hydrogens (tertiary/aromatic N) is 2. The van der Waals surface area contributed by atoms with Gasteiger partial charge in [0.05, 0.1) is 49.8 Å². The molecular weight excluding hydrogens is 563 g/mol. The van der Waals surface area contributed by atoms with Gasteiger partial charge in [-0.1, -0.05) is 36.8 Å². The summed E-state index contributed by atoms with van der Waals surface area (Å²) < 4.78 is 36.8. The zero-order valence-corrected chi connectivity index (χ0v) is 24.3. The lowest BCUT2D eigenvalue weighted by Crippen LogP contribution is -2.29. The minimum atomic E-state index is -1.13. The fourth-order valence-corrected chi connectivity index (χ4v) is 5.83. The molecule has 0 saturated carbocycles. The topological polar surface area (TPSA) is 107 Å². The normalized spacial score (nSPS) is 16.2. The number of benzene rings is 3. The maximum absolute atomic E-state index is 14.0. The molecular formula is C31H29FN2O7S. The number of unbranched alkanes of at least 4 members (excludes halogenated alkanes) is 1. The smallest absolute Gasteiger partial charge is 0.301 e. The van der Waals surface area contributed by atoms with Crippen molar-refractivity contribution in [1.82, 2.24) is 4.98 Å². The molecule has 0 spiro atoms. The third kappa shape index (κ3) is 5.23. The lowest BCUT2D eigenvalue weighted by Gasteiger charge is -2.24. The number of aliphatic hydroxyl groups excluding tert-OH is 1. The third-order valence-corrected chi connectivity index (χ3v) is 7.88. The van der Waals surface area contributed by atoms with Gasteiger partial charge in [0.25, 0.3) is 5.78 Å². The number of halogens is 1. The molecule has 0 aliphatic carbocycles.